The van der Waals surface area contributed by atoms with Crippen molar-refractivity contribution < 1.29 is 22.5 Å². The molecule has 0 aliphatic carbocycles. The molecule has 0 N–H and O–H groups in total. The highest BCUT2D eigenvalue weighted by Crippen LogP contribution is 2.32. The van der Waals surface area contributed by atoms with Gasteiger partial charge in [0.1, 0.15) is 10.7 Å². The van der Waals surface area contributed by atoms with E-state index in [-0.39, 0.29) is 42.7 Å². The van der Waals surface area contributed by atoms with Crippen molar-refractivity contribution in [3.05, 3.63) is 64.0 Å². The Kier molecular flexibility index (Phi) is 5.92. The quantitative estimate of drug-likeness (QED) is 0.537. The normalized spacial score (nSPS) is 15.4. The number of sulfonamides is 1. The molecule has 0 aromatic heterocycles. The Morgan fingerprint density at radius 3 is 2.43 bits per heavy atom. The summed E-state index contributed by atoms with van der Waals surface area (Å²) in [5.41, 5.74) is 0.809. The van der Waals surface area contributed by atoms with Crippen molar-refractivity contribution in [1.29, 1.82) is 0 Å². The van der Waals surface area contributed by atoms with Gasteiger partial charge < -0.3 is 9.64 Å². The van der Waals surface area contributed by atoms with Crippen LogP contribution >= 0.6 is 0 Å². The van der Waals surface area contributed by atoms with Gasteiger partial charge in [-0.3, -0.25) is 10.1 Å². The van der Waals surface area contributed by atoms with E-state index in [1.807, 2.05) is 0 Å². The maximum Gasteiger partial charge on any atom is 0.270 e. The molecular formula is C18H20FN3O5S. The summed E-state index contributed by atoms with van der Waals surface area (Å²) in [7, 11) is -2.26. The van der Waals surface area contributed by atoms with Crippen LogP contribution in [0.25, 0.3) is 0 Å². The lowest BCUT2D eigenvalue weighted by Gasteiger charge is -2.29. The Bertz CT molecular complexity index is 960. The van der Waals surface area contributed by atoms with Gasteiger partial charge in [-0.2, -0.15) is 4.31 Å². The van der Waals surface area contributed by atoms with Crippen LogP contribution in [-0.4, -0.2) is 51.0 Å². The second-order valence-electron chi connectivity index (χ2n) is 6.41. The van der Waals surface area contributed by atoms with Gasteiger partial charge in [-0.25, -0.2) is 12.8 Å². The second kappa shape index (κ2) is 8.21. The lowest BCUT2D eigenvalue weighted by molar-refractivity contribution is -0.385. The van der Waals surface area contributed by atoms with Gasteiger partial charge in [0.25, 0.3) is 5.69 Å². The topological polar surface area (TPSA) is 93.0 Å². The highest BCUT2D eigenvalue weighted by Gasteiger charge is 2.31. The van der Waals surface area contributed by atoms with E-state index < -0.39 is 14.9 Å². The molecule has 8 nitrogen and oxygen atoms in total. The van der Waals surface area contributed by atoms with Crippen molar-refractivity contribution in [1.82, 2.24) is 4.31 Å². The van der Waals surface area contributed by atoms with Gasteiger partial charge in [0.05, 0.1) is 23.8 Å². The van der Waals surface area contributed by atoms with Crippen LogP contribution in [0.2, 0.25) is 0 Å². The van der Waals surface area contributed by atoms with E-state index in [0.717, 1.165) is 11.6 Å². The number of rotatable bonds is 6. The smallest absolute Gasteiger partial charge is 0.270 e. The standard InChI is InChI=1S/C18H20FN3O5S/c1-20(13-14-2-4-15(19)5-3-14)17-7-6-16(22(23)24)12-18(17)28(25,26)21-8-10-27-11-9-21/h2-7,12H,8-11,13H2,1H3. The fourth-order valence-electron chi connectivity index (χ4n) is 3.01. The zero-order valence-corrected chi connectivity index (χ0v) is 16.1. The SMILES string of the molecule is CN(Cc1ccc(F)cc1)c1ccc([N+](=O)[O-])cc1S(=O)(=O)N1CCOCC1. The average molecular weight is 409 g/mol. The zero-order valence-electron chi connectivity index (χ0n) is 15.2. The molecule has 10 heteroatoms. The molecule has 1 fully saturated rings. The third-order valence-electron chi connectivity index (χ3n) is 4.49. The van der Waals surface area contributed by atoms with Gasteiger partial charge in [-0.15, -0.1) is 0 Å². The van der Waals surface area contributed by atoms with Crippen LogP contribution in [0, 0.1) is 15.9 Å². The van der Waals surface area contributed by atoms with E-state index in [4.69, 9.17) is 4.74 Å². The number of nitro groups is 1. The molecule has 0 amide bonds. The Hall–Kier alpha value is -2.56. The Morgan fingerprint density at radius 1 is 1.18 bits per heavy atom. The van der Waals surface area contributed by atoms with Crippen LogP contribution < -0.4 is 4.90 Å². The van der Waals surface area contributed by atoms with Crippen LogP contribution in [0.5, 0.6) is 0 Å². The first-order valence-corrected chi connectivity index (χ1v) is 10.0. The summed E-state index contributed by atoms with van der Waals surface area (Å²) in [5.74, 6) is -0.364. The van der Waals surface area contributed by atoms with Crippen molar-refractivity contribution in [2.45, 2.75) is 11.4 Å². The van der Waals surface area contributed by atoms with Crippen molar-refractivity contribution >= 4 is 21.4 Å². The van der Waals surface area contributed by atoms with Crippen molar-refractivity contribution in [2.75, 3.05) is 38.3 Å². The molecule has 150 valence electrons. The molecule has 1 aliphatic rings. The van der Waals surface area contributed by atoms with Crippen LogP contribution in [0.1, 0.15) is 5.56 Å². The van der Waals surface area contributed by atoms with Gasteiger partial charge in [-0.1, -0.05) is 12.1 Å². The van der Waals surface area contributed by atoms with E-state index in [9.17, 15) is 22.9 Å². The number of nitro benzene ring substituents is 1. The van der Waals surface area contributed by atoms with Crippen molar-refractivity contribution in [2.24, 2.45) is 0 Å². The molecule has 0 bridgehead atoms. The van der Waals surface area contributed by atoms with E-state index in [0.29, 0.717) is 12.2 Å². The minimum atomic E-state index is -3.95. The second-order valence-corrected chi connectivity index (χ2v) is 8.31. The van der Waals surface area contributed by atoms with Gasteiger partial charge in [-0.05, 0) is 23.8 Å². The zero-order chi connectivity index (χ0) is 20.3. The molecule has 1 aliphatic heterocycles. The maximum atomic E-state index is 13.2. The summed E-state index contributed by atoms with van der Waals surface area (Å²) in [6.07, 6.45) is 0. The average Bonchev–Trinajstić information content (AvgIpc) is 2.69. The lowest BCUT2D eigenvalue weighted by atomic mass is 10.2. The predicted octanol–water partition coefficient (Wildman–Crippen LogP) is 2.39. The van der Waals surface area contributed by atoms with E-state index in [1.54, 1.807) is 24.1 Å². The molecule has 0 saturated carbocycles. The van der Waals surface area contributed by atoms with E-state index in [1.165, 1.54) is 28.6 Å². The predicted molar refractivity (Wildman–Crippen MR) is 101 cm³/mol. The van der Waals surface area contributed by atoms with Gasteiger partial charge in [0.15, 0.2) is 0 Å². The number of anilines is 1. The van der Waals surface area contributed by atoms with E-state index >= 15 is 0 Å². The maximum absolute atomic E-state index is 13.2. The van der Waals surface area contributed by atoms with Crippen molar-refractivity contribution in [3.8, 4) is 0 Å². The minimum Gasteiger partial charge on any atom is -0.379 e. The molecule has 0 spiro atoms. The number of ether oxygens (including phenoxy) is 1. The van der Waals surface area contributed by atoms with Gasteiger partial charge in [0.2, 0.25) is 10.0 Å². The van der Waals surface area contributed by atoms with Crippen LogP contribution in [0.15, 0.2) is 47.4 Å². The minimum absolute atomic E-state index is 0.131. The Morgan fingerprint density at radius 2 is 1.82 bits per heavy atom. The number of hydrogen-bond acceptors (Lipinski definition) is 6. The summed E-state index contributed by atoms with van der Waals surface area (Å²) < 4.78 is 45.9. The number of nitrogens with zero attached hydrogens (tertiary/aromatic N) is 3. The highest BCUT2D eigenvalue weighted by molar-refractivity contribution is 7.89. The molecule has 2 aromatic carbocycles. The molecule has 0 radical (unpaired) electrons. The number of hydrogen-bond donors (Lipinski definition) is 0. The Balaban J connectivity index is 2.00. The highest BCUT2D eigenvalue weighted by atomic mass is 32.2. The molecular weight excluding hydrogens is 389 g/mol. The lowest BCUT2D eigenvalue weighted by Crippen LogP contribution is -2.41. The molecule has 3 rings (SSSR count). The third-order valence-corrected chi connectivity index (χ3v) is 6.41. The van der Waals surface area contributed by atoms with Crippen LogP contribution in [0.3, 0.4) is 0 Å². The summed E-state index contributed by atoms with van der Waals surface area (Å²) in [5, 5.41) is 11.2. The first kappa shape index (κ1) is 20.2. The molecule has 28 heavy (non-hydrogen) atoms. The third kappa shape index (κ3) is 4.29. The summed E-state index contributed by atoms with van der Waals surface area (Å²) in [6.45, 7) is 1.23. The van der Waals surface area contributed by atoms with E-state index in [2.05, 4.69) is 0 Å². The molecule has 0 atom stereocenters. The fourth-order valence-corrected chi connectivity index (χ4v) is 4.68. The summed E-state index contributed by atoms with van der Waals surface area (Å²) in [4.78, 5) is 12.1. The molecule has 2 aromatic rings. The first-order chi connectivity index (χ1) is 13.3. The largest absolute Gasteiger partial charge is 0.379 e. The number of benzene rings is 2. The number of morpholine rings is 1. The Labute approximate surface area is 162 Å². The summed E-state index contributed by atoms with van der Waals surface area (Å²) in [6, 6.07) is 9.64. The number of halogens is 1. The first-order valence-electron chi connectivity index (χ1n) is 8.61. The van der Waals surface area contributed by atoms with Gasteiger partial charge >= 0.3 is 0 Å². The summed E-state index contributed by atoms with van der Waals surface area (Å²) >= 11 is 0. The fraction of sp³-hybridized carbons (Fsp3) is 0.333. The van der Waals surface area contributed by atoms with Crippen LogP contribution in [0.4, 0.5) is 15.8 Å². The number of non-ortho nitro benzene ring substituents is 1. The monoisotopic (exact) mass is 409 g/mol. The molecule has 1 saturated heterocycles. The van der Waals surface area contributed by atoms with Crippen molar-refractivity contribution in [3.63, 3.8) is 0 Å². The molecule has 1 heterocycles. The van der Waals surface area contributed by atoms with Gasteiger partial charge in [0, 0.05) is 38.8 Å². The molecule has 0 unspecified atom stereocenters. The van der Waals surface area contributed by atoms with Crippen LogP contribution in [-0.2, 0) is 21.3 Å².